The number of carbonyl (C=O) groups excluding carboxylic acids is 2. The van der Waals surface area contributed by atoms with Crippen molar-refractivity contribution < 1.29 is 27.5 Å². The molecule has 10 heteroatoms. The van der Waals surface area contributed by atoms with Crippen LogP contribution in [0, 0.1) is 0 Å². The molecule has 0 spiro atoms. The average molecular weight is 353 g/mol. The highest BCUT2D eigenvalue weighted by Crippen LogP contribution is 2.41. The summed E-state index contributed by atoms with van der Waals surface area (Å²) in [5.41, 5.74) is -2.23. The Bertz CT molecular complexity index is 719. The summed E-state index contributed by atoms with van der Waals surface area (Å²) in [6, 6.07) is 1.19. The second-order valence-corrected chi connectivity index (χ2v) is 4.85. The van der Waals surface area contributed by atoms with Crippen LogP contribution >= 0.6 is 23.2 Å². The average Bonchev–Trinajstić information content (AvgIpc) is 2.78. The molecule has 1 aliphatic rings. The zero-order valence-electron chi connectivity index (χ0n) is 10.7. The molecular formula is C12H5Cl2F3N2O3. The molecule has 0 atom stereocenters. The summed E-state index contributed by atoms with van der Waals surface area (Å²) >= 11 is 11.6. The lowest BCUT2D eigenvalue weighted by atomic mass is 10.0. The number of rotatable bonds is 2. The Labute approximate surface area is 131 Å². The molecule has 1 aromatic carbocycles. The number of azo groups is 1. The molecule has 0 saturated heterocycles. The highest BCUT2D eigenvalue weighted by molar-refractivity contribution is 6.42. The van der Waals surface area contributed by atoms with Crippen LogP contribution in [-0.2, 0) is 20.5 Å². The number of alkyl halides is 3. The SMILES string of the molecule is COC(=O)C1=C(c2c(Cl)cc(C(F)(F)F)cc2Cl)C(=O)N=N1. The minimum absolute atomic E-state index is 0.258. The number of benzene rings is 1. The Kier molecular flexibility index (Phi) is 4.25. The summed E-state index contributed by atoms with van der Waals surface area (Å²) in [4.78, 5) is 23.3. The maximum absolute atomic E-state index is 12.7. The topological polar surface area (TPSA) is 68.1 Å². The van der Waals surface area contributed by atoms with Crippen molar-refractivity contribution in [3.05, 3.63) is 39.0 Å². The Morgan fingerprint density at radius 1 is 1.18 bits per heavy atom. The maximum Gasteiger partial charge on any atom is 0.416 e. The van der Waals surface area contributed by atoms with Gasteiger partial charge in [-0.1, -0.05) is 23.2 Å². The van der Waals surface area contributed by atoms with E-state index < -0.39 is 44.9 Å². The molecule has 0 radical (unpaired) electrons. The Morgan fingerprint density at radius 3 is 2.18 bits per heavy atom. The van der Waals surface area contributed by atoms with E-state index in [4.69, 9.17) is 23.2 Å². The molecule has 0 bridgehead atoms. The zero-order chi connectivity index (χ0) is 16.7. The second-order valence-electron chi connectivity index (χ2n) is 4.03. The zero-order valence-corrected chi connectivity index (χ0v) is 12.2. The molecule has 2 rings (SSSR count). The first-order valence-electron chi connectivity index (χ1n) is 5.52. The molecule has 22 heavy (non-hydrogen) atoms. The summed E-state index contributed by atoms with van der Waals surface area (Å²) in [6.45, 7) is 0. The standard InChI is InChI=1S/C12H5Cl2F3N2O3/c1-22-11(21)9-8(10(20)19-18-9)7-5(13)2-4(3-6(7)14)12(15,16)17/h2-3H,1H3. The number of hydrogen-bond donors (Lipinski definition) is 0. The van der Waals surface area contributed by atoms with Gasteiger partial charge in [0.2, 0.25) is 0 Å². The van der Waals surface area contributed by atoms with Crippen LogP contribution in [0.3, 0.4) is 0 Å². The van der Waals surface area contributed by atoms with Gasteiger partial charge in [-0.3, -0.25) is 4.79 Å². The smallest absolute Gasteiger partial charge is 0.416 e. The molecular weight excluding hydrogens is 348 g/mol. The van der Waals surface area contributed by atoms with Crippen molar-refractivity contribution in [2.45, 2.75) is 6.18 Å². The molecule has 0 N–H and O–H groups in total. The largest absolute Gasteiger partial charge is 0.464 e. The third kappa shape index (κ3) is 2.84. The molecule has 1 aromatic rings. The number of hydrogen-bond acceptors (Lipinski definition) is 4. The fourth-order valence-corrected chi connectivity index (χ4v) is 2.41. The van der Waals surface area contributed by atoms with Crippen LogP contribution < -0.4 is 0 Å². The first kappa shape index (κ1) is 16.4. The van der Waals surface area contributed by atoms with Crippen LogP contribution in [0.2, 0.25) is 10.0 Å². The van der Waals surface area contributed by atoms with Crippen LogP contribution in [0.1, 0.15) is 11.1 Å². The molecule has 5 nitrogen and oxygen atoms in total. The maximum atomic E-state index is 12.7. The van der Waals surface area contributed by atoms with Gasteiger partial charge in [-0.2, -0.15) is 13.2 Å². The third-order valence-corrected chi connectivity index (χ3v) is 3.29. The number of ether oxygens (including phenoxy) is 1. The lowest BCUT2D eigenvalue weighted by molar-refractivity contribution is -0.138. The number of esters is 1. The van der Waals surface area contributed by atoms with Gasteiger partial charge < -0.3 is 4.74 Å². The van der Waals surface area contributed by atoms with Gasteiger partial charge in [-0.25, -0.2) is 4.79 Å². The quantitative estimate of drug-likeness (QED) is 0.758. The highest BCUT2D eigenvalue weighted by atomic mass is 35.5. The fraction of sp³-hybridized carbons (Fsp3) is 0.167. The molecule has 0 aliphatic carbocycles. The van der Waals surface area contributed by atoms with Crippen LogP contribution in [0.5, 0.6) is 0 Å². The minimum atomic E-state index is -4.67. The summed E-state index contributed by atoms with van der Waals surface area (Å²) < 4.78 is 42.5. The van der Waals surface area contributed by atoms with E-state index in [9.17, 15) is 22.8 Å². The summed E-state index contributed by atoms with van der Waals surface area (Å²) in [6.07, 6.45) is -4.67. The van der Waals surface area contributed by atoms with Crippen molar-refractivity contribution in [2.24, 2.45) is 10.2 Å². The van der Waals surface area contributed by atoms with Crippen LogP contribution in [-0.4, -0.2) is 19.0 Å². The van der Waals surface area contributed by atoms with E-state index in [1.807, 2.05) is 0 Å². The van der Waals surface area contributed by atoms with Gasteiger partial charge in [-0.05, 0) is 12.1 Å². The van der Waals surface area contributed by atoms with Crippen molar-refractivity contribution in [3.63, 3.8) is 0 Å². The summed E-state index contributed by atoms with van der Waals surface area (Å²) in [5, 5.41) is 5.59. The Morgan fingerprint density at radius 2 is 1.73 bits per heavy atom. The molecule has 1 heterocycles. The number of carbonyl (C=O) groups is 2. The lowest BCUT2D eigenvalue weighted by Crippen LogP contribution is -2.09. The monoisotopic (exact) mass is 352 g/mol. The molecule has 1 aliphatic heterocycles. The Balaban J connectivity index is 2.68. The first-order valence-corrected chi connectivity index (χ1v) is 6.27. The van der Waals surface area contributed by atoms with Crippen molar-refractivity contribution >= 4 is 40.7 Å². The van der Waals surface area contributed by atoms with Gasteiger partial charge in [0.25, 0.3) is 5.91 Å². The van der Waals surface area contributed by atoms with Gasteiger partial charge in [0.05, 0.1) is 28.3 Å². The van der Waals surface area contributed by atoms with Gasteiger partial charge in [0.1, 0.15) is 0 Å². The molecule has 0 aromatic heterocycles. The summed E-state index contributed by atoms with van der Waals surface area (Å²) in [7, 11) is 1.04. The van der Waals surface area contributed by atoms with Crippen molar-refractivity contribution in [2.75, 3.05) is 7.11 Å². The number of nitrogens with zero attached hydrogens (tertiary/aromatic N) is 2. The van der Waals surface area contributed by atoms with Gasteiger partial charge >= 0.3 is 12.1 Å². The predicted molar refractivity (Wildman–Crippen MR) is 70.3 cm³/mol. The molecule has 0 unspecified atom stereocenters. The molecule has 0 fully saturated rings. The van der Waals surface area contributed by atoms with Gasteiger partial charge in [0, 0.05) is 5.56 Å². The minimum Gasteiger partial charge on any atom is -0.464 e. The van der Waals surface area contributed by atoms with E-state index >= 15 is 0 Å². The van der Waals surface area contributed by atoms with Crippen LogP contribution in [0.15, 0.2) is 28.1 Å². The van der Waals surface area contributed by atoms with E-state index in [2.05, 4.69) is 15.0 Å². The van der Waals surface area contributed by atoms with Gasteiger partial charge in [0.15, 0.2) is 5.70 Å². The summed E-state index contributed by atoms with van der Waals surface area (Å²) in [5.74, 6) is -1.94. The lowest BCUT2D eigenvalue weighted by Gasteiger charge is -2.12. The third-order valence-electron chi connectivity index (χ3n) is 2.69. The van der Waals surface area contributed by atoms with E-state index in [0.717, 1.165) is 7.11 Å². The molecule has 116 valence electrons. The highest BCUT2D eigenvalue weighted by Gasteiger charge is 2.35. The molecule has 1 amide bonds. The van der Waals surface area contributed by atoms with E-state index in [0.29, 0.717) is 12.1 Å². The first-order chi connectivity index (χ1) is 10.2. The van der Waals surface area contributed by atoms with Gasteiger partial charge in [-0.15, -0.1) is 10.2 Å². The number of amides is 1. The second kappa shape index (κ2) is 5.69. The van der Waals surface area contributed by atoms with E-state index in [-0.39, 0.29) is 5.56 Å². The normalized spacial score (nSPS) is 14.7. The number of methoxy groups -OCH3 is 1. The van der Waals surface area contributed by atoms with Crippen molar-refractivity contribution in [1.82, 2.24) is 0 Å². The van der Waals surface area contributed by atoms with Crippen LogP contribution in [0.25, 0.3) is 5.57 Å². The number of halogens is 5. The predicted octanol–water partition coefficient (Wildman–Crippen LogP) is 3.89. The van der Waals surface area contributed by atoms with Crippen molar-refractivity contribution in [1.29, 1.82) is 0 Å². The van der Waals surface area contributed by atoms with Crippen molar-refractivity contribution in [3.8, 4) is 0 Å². The van der Waals surface area contributed by atoms with Crippen LogP contribution in [0.4, 0.5) is 13.2 Å². The fourth-order valence-electron chi connectivity index (χ4n) is 1.74. The Hall–Kier alpha value is -1.93. The van der Waals surface area contributed by atoms with E-state index in [1.54, 1.807) is 0 Å². The molecule has 0 saturated carbocycles. The van der Waals surface area contributed by atoms with E-state index in [1.165, 1.54) is 0 Å².